The fraction of sp³-hybridized carbons (Fsp3) is 0.500. The van der Waals surface area contributed by atoms with Crippen molar-refractivity contribution in [2.45, 2.75) is 26.7 Å². The van der Waals surface area contributed by atoms with Crippen molar-refractivity contribution in [1.82, 2.24) is 0 Å². The normalized spacial score (nSPS) is 11.2. The SMILES string of the molecule is CCC(CC)(CN(C)c1ccccc1)C(=O)O. The molecule has 0 spiro atoms. The molecule has 0 unspecified atom stereocenters. The highest BCUT2D eigenvalue weighted by atomic mass is 16.4. The zero-order chi connectivity index (χ0) is 12.9. The quantitative estimate of drug-likeness (QED) is 0.824. The number of anilines is 1. The van der Waals surface area contributed by atoms with Crippen molar-refractivity contribution in [3.63, 3.8) is 0 Å². The smallest absolute Gasteiger partial charge is 0.311 e. The molecule has 0 atom stereocenters. The second kappa shape index (κ2) is 5.71. The van der Waals surface area contributed by atoms with E-state index in [1.807, 2.05) is 56.1 Å². The maximum Gasteiger partial charge on any atom is 0.311 e. The van der Waals surface area contributed by atoms with Crippen LogP contribution in [0.4, 0.5) is 5.69 Å². The highest BCUT2D eigenvalue weighted by Crippen LogP contribution is 2.29. The number of hydrogen-bond acceptors (Lipinski definition) is 2. The summed E-state index contributed by atoms with van der Waals surface area (Å²) in [7, 11) is 1.94. The Morgan fingerprint density at radius 1 is 1.24 bits per heavy atom. The highest BCUT2D eigenvalue weighted by molar-refractivity contribution is 5.75. The number of rotatable bonds is 6. The van der Waals surface area contributed by atoms with Gasteiger partial charge in [0.25, 0.3) is 0 Å². The fourth-order valence-electron chi connectivity index (χ4n) is 2.07. The molecule has 1 rings (SSSR count). The van der Waals surface area contributed by atoms with Crippen molar-refractivity contribution < 1.29 is 9.90 Å². The van der Waals surface area contributed by atoms with Crippen LogP contribution in [-0.4, -0.2) is 24.7 Å². The molecule has 0 aliphatic heterocycles. The van der Waals surface area contributed by atoms with E-state index in [2.05, 4.69) is 0 Å². The maximum atomic E-state index is 11.4. The number of carboxylic acid groups (broad SMARTS) is 1. The van der Waals surface area contributed by atoms with Gasteiger partial charge in [0.1, 0.15) is 0 Å². The van der Waals surface area contributed by atoms with Crippen molar-refractivity contribution in [2.24, 2.45) is 5.41 Å². The number of benzene rings is 1. The largest absolute Gasteiger partial charge is 0.481 e. The Morgan fingerprint density at radius 2 is 1.76 bits per heavy atom. The molecule has 0 radical (unpaired) electrons. The molecule has 1 N–H and O–H groups in total. The monoisotopic (exact) mass is 235 g/mol. The molecule has 0 fully saturated rings. The minimum absolute atomic E-state index is 0.541. The maximum absolute atomic E-state index is 11.4. The van der Waals surface area contributed by atoms with Gasteiger partial charge in [0.05, 0.1) is 5.41 Å². The van der Waals surface area contributed by atoms with Crippen LogP contribution in [0.25, 0.3) is 0 Å². The first-order valence-corrected chi connectivity index (χ1v) is 6.05. The van der Waals surface area contributed by atoms with E-state index >= 15 is 0 Å². The molecule has 0 bridgehead atoms. The van der Waals surface area contributed by atoms with E-state index in [1.165, 1.54) is 0 Å². The van der Waals surface area contributed by atoms with E-state index in [-0.39, 0.29) is 0 Å². The van der Waals surface area contributed by atoms with Gasteiger partial charge in [0.15, 0.2) is 0 Å². The summed E-state index contributed by atoms with van der Waals surface area (Å²) in [4.78, 5) is 13.4. The third-order valence-corrected chi connectivity index (χ3v) is 3.54. The molecule has 17 heavy (non-hydrogen) atoms. The Labute approximate surface area is 103 Å². The molecule has 0 saturated heterocycles. The molecule has 3 nitrogen and oxygen atoms in total. The van der Waals surface area contributed by atoms with Crippen molar-refractivity contribution >= 4 is 11.7 Å². The third kappa shape index (κ3) is 2.99. The van der Waals surface area contributed by atoms with Crippen molar-refractivity contribution in [1.29, 1.82) is 0 Å². The van der Waals surface area contributed by atoms with Gasteiger partial charge >= 0.3 is 5.97 Å². The van der Waals surface area contributed by atoms with Gasteiger partial charge in [-0.2, -0.15) is 0 Å². The van der Waals surface area contributed by atoms with E-state index in [9.17, 15) is 9.90 Å². The van der Waals surface area contributed by atoms with Gasteiger partial charge in [-0.15, -0.1) is 0 Å². The highest BCUT2D eigenvalue weighted by Gasteiger charge is 2.36. The van der Waals surface area contributed by atoms with Crippen LogP contribution < -0.4 is 4.90 Å². The van der Waals surface area contributed by atoms with Crippen LogP contribution >= 0.6 is 0 Å². The van der Waals surface area contributed by atoms with Gasteiger partial charge in [-0.1, -0.05) is 32.0 Å². The van der Waals surface area contributed by atoms with Crippen LogP contribution in [0.1, 0.15) is 26.7 Å². The van der Waals surface area contributed by atoms with E-state index in [0.717, 1.165) is 5.69 Å². The number of aliphatic carboxylic acids is 1. The molecule has 1 aromatic carbocycles. The lowest BCUT2D eigenvalue weighted by molar-refractivity contribution is -0.148. The summed E-state index contributed by atoms with van der Waals surface area (Å²) in [6.45, 7) is 4.42. The van der Waals surface area contributed by atoms with Crippen LogP contribution in [0.2, 0.25) is 0 Å². The van der Waals surface area contributed by atoms with Crippen molar-refractivity contribution in [3.05, 3.63) is 30.3 Å². The number of hydrogen-bond donors (Lipinski definition) is 1. The Balaban J connectivity index is 2.85. The average Bonchev–Trinajstić information content (AvgIpc) is 2.36. The minimum atomic E-state index is -0.703. The lowest BCUT2D eigenvalue weighted by Crippen LogP contribution is -2.41. The third-order valence-electron chi connectivity index (χ3n) is 3.54. The summed E-state index contributed by atoms with van der Waals surface area (Å²) in [5.41, 5.74) is 0.407. The van der Waals surface area contributed by atoms with Gasteiger partial charge < -0.3 is 10.0 Å². The Morgan fingerprint density at radius 3 is 2.18 bits per heavy atom. The molecule has 0 aromatic heterocycles. The molecule has 0 aliphatic carbocycles. The van der Waals surface area contributed by atoms with E-state index < -0.39 is 11.4 Å². The Kier molecular flexibility index (Phi) is 4.55. The van der Waals surface area contributed by atoms with E-state index in [1.54, 1.807) is 0 Å². The molecular weight excluding hydrogens is 214 g/mol. The molecule has 3 heteroatoms. The Hall–Kier alpha value is -1.51. The van der Waals surface area contributed by atoms with Gasteiger partial charge in [-0.25, -0.2) is 0 Å². The number of nitrogens with zero attached hydrogens (tertiary/aromatic N) is 1. The van der Waals surface area contributed by atoms with Crippen molar-refractivity contribution in [3.8, 4) is 0 Å². The van der Waals surface area contributed by atoms with Crippen LogP contribution in [0.15, 0.2) is 30.3 Å². The van der Waals surface area contributed by atoms with E-state index in [4.69, 9.17) is 0 Å². The minimum Gasteiger partial charge on any atom is -0.481 e. The predicted octanol–water partition coefficient (Wildman–Crippen LogP) is 3.01. The molecule has 0 heterocycles. The number of para-hydroxylation sites is 1. The van der Waals surface area contributed by atoms with Crippen LogP contribution in [-0.2, 0) is 4.79 Å². The summed E-state index contributed by atoms with van der Waals surface area (Å²) >= 11 is 0. The fourth-order valence-corrected chi connectivity index (χ4v) is 2.07. The van der Waals surface area contributed by atoms with Gasteiger partial charge in [0.2, 0.25) is 0 Å². The first-order chi connectivity index (χ1) is 8.05. The summed E-state index contributed by atoms with van der Waals surface area (Å²) in [6.07, 6.45) is 1.30. The van der Waals surface area contributed by atoms with Crippen LogP contribution in [0.5, 0.6) is 0 Å². The van der Waals surface area contributed by atoms with Gasteiger partial charge in [0, 0.05) is 19.3 Å². The second-order valence-electron chi connectivity index (χ2n) is 4.48. The predicted molar refractivity (Wildman–Crippen MR) is 70.4 cm³/mol. The zero-order valence-corrected chi connectivity index (χ0v) is 10.8. The first-order valence-electron chi connectivity index (χ1n) is 6.05. The molecule has 0 saturated carbocycles. The summed E-state index contributed by atoms with van der Waals surface area (Å²) in [6, 6.07) is 9.88. The number of carbonyl (C=O) groups is 1. The lowest BCUT2D eigenvalue weighted by Gasteiger charge is -2.32. The van der Waals surface area contributed by atoms with Gasteiger partial charge in [-0.05, 0) is 25.0 Å². The summed E-state index contributed by atoms with van der Waals surface area (Å²) < 4.78 is 0. The molecule has 0 amide bonds. The molecular formula is C14H21NO2. The van der Waals surface area contributed by atoms with E-state index in [0.29, 0.717) is 19.4 Å². The standard InChI is InChI=1S/C14H21NO2/c1-4-14(5-2,13(16)17)11-15(3)12-9-7-6-8-10-12/h6-10H,4-5,11H2,1-3H3,(H,16,17). The topological polar surface area (TPSA) is 40.5 Å². The molecule has 1 aromatic rings. The first kappa shape index (κ1) is 13.6. The lowest BCUT2D eigenvalue weighted by atomic mass is 9.82. The second-order valence-corrected chi connectivity index (χ2v) is 4.48. The number of carboxylic acids is 1. The molecule has 0 aliphatic rings. The Bertz CT molecular complexity index is 358. The zero-order valence-electron chi connectivity index (χ0n) is 10.8. The average molecular weight is 235 g/mol. The van der Waals surface area contributed by atoms with Crippen LogP contribution in [0.3, 0.4) is 0 Å². The van der Waals surface area contributed by atoms with Gasteiger partial charge in [-0.3, -0.25) is 4.79 Å². The van der Waals surface area contributed by atoms with Crippen molar-refractivity contribution in [2.75, 3.05) is 18.5 Å². The summed E-state index contributed by atoms with van der Waals surface area (Å²) in [5, 5.41) is 9.39. The summed E-state index contributed by atoms with van der Waals surface area (Å²) in [5.74, 6) is -0.703. The van der Waals surface area contributed by atoms with Crippen LogP contribution in [0, 0.1) is 5.41 Å². The molecule has 94 valence electrons.